The summed E-state index contributed by atoms with van der Waals surface area (Å²) in [5.41, 5.74) is 7.07. The lowest BCUT2D eigenvalue weighted by molar-refractivity contribution is 0.536. The summed E-state index contributed by atoms with van der Waals surface area (Å²) in [6, 6.07) is 4.81. The molecule has 1 aliphatic rings. The van der Waals surface area contributed by atoms with Crippen LogP contribution in [0.5, 0.6) is 0 Å². The molecule has 92 valence electrons. The van der Waals surface area contributed by atoms with Crippen LogP contribution in [-0.2, 0) is 0 Å². The van der Waals surface area contributed by atoms with E-state index in [1.54, 1.807) is 6.20 Å². The molecule has 0 aromatic carbocycles. The van der Waals surface area contributed by atoms with Gasteiger partial charge in [-0.3, -0.25) is 0 Å². The number of rotatable bonds is 1. The minimum atomic E-state index is 0.643. The second-order valence-corrected chi connectivity index (χ2v) is 4.29. The smallest absolute Gasteiger partial charge is 0.132 e. The van der Waals surface area contributed by atoms with E-state index in [-0.39, 0.29) is 0 Å². The molecular weight excluding hydrogens is 210 g/mol. The normalized spacial score (nSPS) is 15.9. The molecule has 3 nitrogen and oxygen atoms in total. The lowest BCUT2D eigenvalue weighted by atomic mass is 10.2. The minimum absolute atomic E-state index is 0.643. The zero-order chi connectivity index (χ0) is 12.3. The monoisotopic (exact) mass is 231 g/mol. The Kier molecular flexibility index (Phi) is 3.67. The van der Waals surface area contributed by atoms with Crippen LogP contribution in [-0.4, -0.2) is 9.55 Å². The molecule has 3 rings (SSSR count). The average Bonchev–Trinajstić information content (AvgIpc) is 3.00. The van der Waals surface area contributed by atoms with E-state index in [9.17, 15) is 0 Å². The molecule has 2 aromatic heterocycles. The van der Waals surface area contributed by atoms with Crippen molar-refractivity contribution in [1.29, 1.82) is 0 Å². The molecule has 0 unspecified atom stereocenters. The fourth-order valence-corrected chi connectivity index (χ4v) is 2.61. The molecule has 0 aliphatic heterocycles. The Morgan fingerprint density at radius 2 is 1.94 bits per heavy atom. The zero-order valence-electron chi connectivity index (χ0n) is 10.7. The third-order valence-corrected chi connectivity index (χ3v) is 3.40. The van der Waals surface area contributed by atoms with Crippen LogP contribution in [0.25, 0.3) is 10.9 Å². The summed E-state index contributed by atoms with van der Waals surface area (Å²) in [5, 5.41) is 1.09. The van der Waals surface area contributed by atoms with Gasteiger partial charge < -0.3 is 10.3 Å². The largest absolute Gasteiger partial charge is 0.383 e. The summed E-state index contributed by atoms with van der Waals surface area (Å²) in [6.45, 7) is 4.00. The number of pyridine rings is 1. The third-order valence-electron chi connectivity index (χ3n) is 3.40. The second-order valence-electron chi connectivity index (χ2n) is 4.29. The molecule has 2 heterocycles. The van der Waals surface area contributed by atoms with Gasteiger partial charge in [-0.15, -0.1) is 0 Å². The van der Waals surface area contributed by atoms with Gasteiger partial charge in [-0.25, -0.2) is 4.98 Å². The van der Waals surface area contributed by atoms with Crippen molar-refractivity contribution in [2.45, 2.75) is 45.6 Å². The number of anilines is 1. The van der Waals surface area contributed by atoms with Crippen LogP contribution < -0.4 is 5.73 Å². The van der Waals surface area contributed by atoms with Gasteiger partial charge >= 0.3 is 0 Å². The average molecular weight is 231 g/mol. The predicted molar refractivity (Wildman–Crippen MR) is 73.0 cm³/mol. The first-order valence-corrected chi connectivity index (χ1v) is 6.57. The van der Waals surface area contributed by atoms with E-state index < -0.39 is 0 Å². The van der Waals surface area contributed by atoms with E-state index in [4.69, 9.17) is 5.73 Å². The van der Waals surface area contributed by atoms with E-state index in [2.05, 4.69) is 27.9 Å². The van der Waals surface area contributed by atoms with Crippen LogP contribution in [0.3, 0.4) is 0 Å². The number of nitrogens with two attached hydrogens (primary N) is 1. The number of hydrogen-bond donors (Lipinski definition) is 1. The van der Waals surface area contributed by atoms with E-state index in [1.807, 2.05) is 13.8 Å². The highest BCUT2D eigenvalue weighted by Gasteiger charge is 2.18. The van der Waals surface area contributed by atoms with E-state index in [1.165, 1.54) is 31.2 Å². The fraction of sp³-hybridized carbons (Fsp3) is 0.500. The number of nitrogen functional groups attached to an aromatic ring is 1. The predicted octanol–water partition coefficient (Wildman–Crippen LogP) is 3.76. The van der Waals surface area contributed by atoms with Crippen molar-refractivity contribution in [3.8, 4) is 0 Å². The summed E-state index contributed by atoms with van der Waals surface area (Å²) in [4.78, 5) is 4.11. The molecule has 2 N–H and O–H groups in total. The maximum atomic E-state index is 5.84. The maximum Gasteiger partial charge on any atom is 0.132 e. The summed E-state index contributed by atoms with van der Waals surface area (Å²) in [6.07, 6.45) is 9.25. The van der Waals surface area contributed by atoms with Crippen LogP contribution in [0, 0.1) is 0 Å². The van der Waals surface area contributed by atoms with Gasteiger partial charge in [0.15, 0.2) is 0 Å². The Labute approximate surface area is 103 Å². The van der Waals surface area contributed by atoms with Crippen LogP contribution >= 0.6 is 0 Å². The molecule has 3 heteroatoms. The zero-order valence-corrected chi connectivity index (χ0v) is 10.7. The van der Waals surface area contributed by atoms with E-state index >= 15 is 0 Å². The van der Waals surface area contributed by atoms with Crippen molar-refractivity contribution >= 4 is 16.7 Å². The summed E-state index contributed by atoms with van der Waals surface area (Å²) >= 11 is 0. The van der Waals surface area contributed by atoms with Gasteiger partial charge in [0.2, 0.25) is 0 Å². The minimum Gasteiger partial charge on any atom is -0.383 e. The SMILES string of the molecule is CC.Nc1nccc2c1ccn2C1CCCC1. The van der Waals surface area contributed by atoms with Crippen molar-refractivity contribution in [3.05, 3.63) is 24.5 Å². The Morgan fingerprint density at radius 1 is 1.24 bits per heavy atom. The number of hydrogen-bond acceptors (Lipinski definition) is 2. The summed E-state index contributed by atoms with van der Waals surface area (Å²) in [7, 11) is 0. The molecule has 2 aromatic rings. The molecule has 0 radical (unpaired) electrons. The third kappa shape index (κ3) is 2.14. The fourth-order valence-electron chi connectivity index (χ4n) is 2.61. The van der Waals surface area contributed by atoms with E-state index in [0.717, 1.165) is 5.39 Å². The van der Waals surface area contributed by atoms with Crippen LogP contribution in [0.2, 0.25) is 0 Å². The number of nitrogens with zero attached hydrogens (tertiary/aromatic N) is 2. The second kappa shape index (κ2) is 5.21. The van der Waals surface area contributed by atoms with Gasteiger partial charge in [0.25, 0.3) is 0 Å². The molecule has 0 atom stereocenters. The van der Waals surface area contributed by atoms with Crippen molar-refractivity contribution < 1.29 is 0 Å². The maximum absolute atomic E-state index is 5.84. The molecular formula is C14H21N3. The van der Waals surface area contributed by atoms with Crippen LogP contribution in [0.1, 0.15) is 45.6 Å². The topological polar surface area (TPSA) is 43.8 Å². The van der Waals surface area contributed by atoms with Gasteiger partial charge in [0, 0.05) is 23.8 Å². The lowest BCUT2D eigenvalue weighted by Crippen LogP contribution is -2.02. The number of fused-ring (bicyclic) bond motifs is 1. The first-order valence-electron chi connectivity index (χ1n) is 6.57. The Hall–Kier alpha value is -1.51. The van der Waals surface area contributed by atoms with Gasteiger partial charge in [0.1, 0.15) is 5.82 Å². The Balaban J connectivity index is 0.000000514. The van der Waals surface area contributed by atoms with Gasteiger partial charge in [0.05, 0.1) is 5.52 Å². The van der Waals surface area contributed by atoms with Crippen molar-refractivity contribution in [2.24, 2.45) is 0 Å². The van der Waals surface area contributed by atoms with Crippen molar-refractivity contribution in [3.63, 3.8) is 0 Å². The van der Waals surface area contributed by atoms with Gasteiger partial charge in [-0.05, 0) is 25.0 Å². The Morgan fingerprint density at radius 3 is 2.65 bits per heavy atom. The highest BCUT2D eigenvalue weighted by atomic mass is 15.0. The molecule has 0 amide bonds. The summed E-state index contributed by atoms with van der Waals surface area (Å²) < 4.78 is 2.36. The highest BCUT2D eigenvalue weighted by molar-refractivity contribution is 5.89. The van der Waals surface area contributed by atoms with Gasteiger partial charge in [-0.2, -0.15) is 0 Å². The Bertz CT molecular complexity index is 481. The molecule has 0 bridgehead atoms. The molecule has 1 aliphatic carbocycles. The first-order chi connectivity index (χ1) is 8.36. The van der Waals surface area contributed by atoms with Crippen LogP contribution in [0.15, 0.2) is 24.5 Å². The highest BCUT2D eigenvalue weighted by Crippen LogP contribution is 2.33. The number of aromatic nitrogens is 2. The lowest BCUT2D eigenvalue weighted by Gasteiger charge is -2.13. The van der Waals surface area contributed by atoms with Gasteiger partial charge in [-0.1, -0.05) is 26.7 Å². The quantitative estimate of drug-likeness (QED) is 0.812. The first kappa shape index (κ1) is 12.0. The summed E-state index contributed by atoms with van der Waals surface area (Å²) in [5.74, 6) is 0.643. The molecule has 1 fully saturated rings. The standard InChI is InChI=1S/C12H15N3.C2H6/c13-12-10-6-8-15(9-3-1-2-4-9)11(10)5-7-14-12;1-2/h5-9H,1-4H2,(H2,13,14);1-2H3. The van der Waals surface area contributed by atoms with E-state index in [0.29, 0.717) is 11.9 Å². The van der Waals surface area contributed by atoms with Crippen molar-refractivity contribution in [2.75, 3.05) is 5.73 Å². The van der Waals surface area contributed by atoms with Crippen molar-refractivity contribution in [1.82, 2.24) is 9.55 Å². The molecule has 0 spiro atoms. The molecule has 1 saturated carbocycles. The molecule has 17 heavy (non-hydrogen) atoms. The molecule has 0 saturated heterocycles. The van der Waals surface area contributed by atoms with Crippen LogP contribution in [0.4, 0.5) is 5.82 Å².